The van der Waals surface area contributed by atoms with Crippen LogP contribution in [0.25, 0.3) is 17.2 Å². The lowest BCUT2D eigenvalue weighted by Gasteiger charge is -2.09. The van der Waals surface area contributed by atoms with E-state index in [4.69, 9.17) is 0 Å². The van der Waals surface area contributed by atoms with Gasteiger partial charge in [-0.2, -0.15) is 13.2 Å². The molecule has 0 spiro atoms. The van der Waals surface area contributed by atoms with Crippen LogP contribution in [0.2, 0.25) is 0 Å². The molecule has 0 saturated heterocycles. The number of alkyl halides is 3. The van der Waals surface area contributed by atoms with Crippen molar-refractivity contribution in [2.45, 2.75) is 6.18 Å². The predicted octanol–water partition coefficient (Wildman–Crippen LogP) is 1.30. The predicted molar refractivity (Wildman–Crippen MR) is 78.5 cm³/mol. The Labute approximate surface area is 146 Å². The lowest BCUT2D eigenvalue weighted by molar-refractivity contribution is -0.602. The van der Waals surface area contributed by atoms with Crippen molar-refractivity contribution >= 4 is 5.69 Å². The number of halogens is 3. The number of rotatable bonds is 3. The van der Waals surface area contributed by atoms with E-state index in [2.05, 4.69) is 15.4 Å². The summed E-state index contributed by atoms with van der Waals surface area (Å²) in [5.41, 5.74) is -2.12. The second-order valence-electron chi connectivity index (χ2n) is 5.12. The molecule has 11 nitrogen and oxygen atoms in total. The third kappa shape index (κ3) is 3.26. The molecule has 0 radical (unpaired) electrons. The van der Waals surface area contributed by atoms with Crippen LogP contribution in [0, 0.1) is 15.3 Å². The second kappa shape index (κ2) is 6.08. The van der Waals surface area contributed by atoms with Crippen LogP contribution in [-0.2, 0) is 6.18 Å². The molecule has 14 heteroatoms. The molecular weight excluding hydrogens is 377 g/mol. The van der Waals surface area contributed by atoms with Gasteiger partial charge in [0.05, 0.1) is 15.7 Å². The van der Waals surface area contributed by atoms with Crippen LogP contribution in [0.4, 0.5) is 18.9 Å². The number of aromatic hydroxyl groups is 2. The molecule has 0 aliphatic carbocycles. The number of phenols is 2. The number of phenolic OH excluding ortho intramolecular Hbond substituents is 2. The molecule has 0 fully saturated rings. The fraction of sp³-hybridized carbons (Fsp3) is 0.0769. The topological polar surface area (TPSA) is 154 Å². The molecule has 0 aliphatic heterocycles. The van der Waals surface area contributed by atoms with E-state index in [9.17, 15) is 38.7 Å². The largest absolute Gasteiger partial charge is 0.710 e. The van der Waals surface area contributed by atoms with E-state index in [0.717, 1.165) is 18.2 Å². The number of hydrogen-bond donors (Lipinski definition) is 2. The second-order valence-corrected chi connectivity index (χ2v) is 5.12. The summed E-state index contributed by atoms with van der Waals surface area (Å²) in [6.07, 6.45) is -4.43. The number of benzene rings is 1. The SMILES string of the molecule is O=[N+]([O-])c1cc(-c2nnn(-c3ccc(C(F)(F)F)c[n+]3[O-])n2)cc(O)c1O. The Balaban J connectivity index is 2.02. The maximum atomic E-state index is 12.6. The van der Waals surface area contributed by atoms with Gasteiger partial charge in [-0.05, 0) is 17.2 Å². The first-order valence-corrected chi connectivity index (χ1v) is 6.89. The van der Waals surface area contributed by atoms with Crippen LogP contribution < -0.4 is 4.73 Å². The average Bonchev–Trinajstić information content (AvgIpc) is 3.05. The molecule has 3 rings (SSSR count). The van der Waals surface area contributed by atoms with E-state index in [0.29, 0.717) is 10.9 Å². The van der Waals surface area contributed by atoms with Gasteiger partial charge in [-0.1, -0.05) is 5.10 Å². The minimum absolute atomic E-state index is 0.118. The van der Waals surface area contributed by atoms with Crippen molar-refractivity contribution in [3.8, 4) is 28.7 Å². The normalized spacial score (nSPS) is 11.5. The van der Waals surface area contributed by atoms with Crippen LogP contribution in [0.3, 0.4) is 0 Å². The molecule has 1 aromatic carbocycles. The molecular formula is C13H7F3N6O5. The number of nitro groups is 1. The summed E-state index contributed by atoms with van der Waals surface area (Å²) < 4.78 is 37.7. The van der Waals surface area contributed by atoms with Crippen molar-refractivity contribution in [3.63, 3.8) is 0 Å². The zero-order chi connectivity index (χ0) is 19.9. The van der Waals surface area contributed by atoms with Gasteiger partial charge >= 0.3 is 17.7 Å². The number of aromatic nitrogens is 5. The van der Waals surface area contributed by atoms with Crippen LogP contribution >= 0.6 is 0 Å². The first kappa shape index (κ1) is 17.8. The summed E-state index contributed by atoms with van der Waals surface area (Å²) in [7, 11) is 0. The maximum absolute atomic E-state index is 12.6. The summed E-state index contributed by atoms with van der Waals surface area (Å²) in [6.45, 7) is 0. The Kier molecular flexibility index (Phi) is 4.02. The summed E-state index contributed by atoms with van der Waals surface area (Å²) >= 11 is 0. The van der Waals surface area contributed by atoms with E-state index in [1.54, 1.807) is 0 Å². The molecule has 0 atom stereocenters. The van der Waals surface area contributed by atoms with Crippen molar-refractivity contribution in [2.24, 2.45) is 0 Å². The standard InChI is InChI=1S/C13H7F3N6O5/c14-13(15,16)7-1-2-10(20(25)5-7)21-18-12(17-19-21)6-3-8(22(26)27)11(24)9(23)4-6/h1-5,23-24H. The molecule has 27 heavy (non-hydrogen) atoms. The smallest absolute Gasteiger partial charge is 0.419 e. The van der Waals surface area contributed by atoms with Crippen molar-refractivity contribution in [1.82, 2.24) is 20.2 Å². The summed E-state index contributed by atoms with van der Waals surface area (Å²) in [4.78, 5) is 10.5. The molecule has 0 unspecified atom stereocenters. The monoisotopic (exact) mass is 384 g/mol. The minimum atomic E-state index is -4.71. The molecule has 0 saturated carbocycles. The van der Waals surface area contributed by atoms with Gasteiger partial charge in [-0.3, -0.25) is 10.1 Å². The third-order valence-electron chi connectivity index (χ3n) is 3.36. The fourth-order valence-corrected chi connectivity index (χ4v) is 2.10. The number of hydrogen-bond acceptors (Lipinski definition) is 8. The minimum Gasteiger partial charge on any atom is -0.710 e. The van der Waals surface area contributed by atoms with E-state index in [-0.39, 0.29) is 22.3 Å². The van der Waals surface area contributed by atoms with Crippen molar-refractivity contribution in [1.29, 1.82) is 0 Å². The van der Waals surface area contributed by atoms with E-state index in [1.807, 2.05) is 0 Å². The van der Waals surface area contributed by atoms with Gasteiger partial charge in [0.2, 0.25) is 11.6 Å². The Morgan fingerprint density at radius 1 is 1.22 bits per heavy atom. The van der Waals surface area contributed by atoms with Gasteiger partial charge in [0, 0.05) is 22.5 Å². The Bertz CT molecular complexity index is 1050. The van der Waals surface area contributed by atoms with Crippen LogP contribution in [-0.4, -0.2) is 35.3 Å². The number of nitro benzene ring substituents is 1. The van der Waals surface area contributed by atoms with Gasteiger partial charge in [0.15, 0.2) is 5.75 Å². The van der Waals surface area contributed by atoms with E-state index < -0.39 is 39.7 Å². The lowest BCUT2D eigenvalue weighted by atomic mass is 10.1. The fourth-order valence-electron chi connectivity index (χ4n) is 2.10. The molecule has 2 aromatic heterocycles. The van der Waals surface area contributed by atoms with E-state index in [1.165, 1.54) is 0 Å². The van der Waals surface area contributed by atoms with Crippen LogP contribution in [0.15, 0.2) is 30.5 Å². The Morgan fingerprint density at radius 2 is 1.93 bits per heavy atom. The van der Waals surface area contributed by atoms with Crippen LogP contribution in [0.5, 0.6) is 11.5 Å². The summed E-state index contributed by atoms with van der Waals surface area (Å²) in [5.74, 6) is -2.48. The van der Waals surface area contributed by atoms with Gasteiger partial charge in [-0.25, -0.2) is 4.73 Å². The maximum Gasteiger partial charge on any atom is 0.419 e. The first-order chi connectivity index (χ1) is 12.6. The number of tetrazole rings is 1. The van der Waals surface area contributed by atoms with Crippen molar-refractivity contribution in [2.75, 3.05) is 0 Å². The highest BCUT2D eigenvalue weighted by atomic mass is 19.4. The van der Waals surface area contributed by atoms with Gasteiger partial charge in [-0.15, -0.1) is 0 Å². The molecule has 2 heterocycles. The average molecular weight is 384 g/mol. The molecule has 0 aliphatic rings. The first-order valence-electron chi connectivity index (χ1n) is 6.89. The lowest BCUT2D eigenvalue weighted by Crippen LogP contribution is -2.34. The van der Waals surface area contributed by atoms with Gasteiger partial charge in [0.1, 0.15) is 6.20 Å². The molecule has 3 aromatic rings. The Hall–Kier alpha value is -3.97. The van der Waals surface area contributed by atoms with Gasteiger partial charge in [0.25, 0.3) is 0 Å². The van der Waals surface area contributed by atoms with Crippen LogP contribution in [0.1, 0.15) is 5.56 Å². The van der Waals surface area contributed by atoms with Gasteiger partial charge < -0.3 is 15.4 Å². The highest BCUT2D eigenvalue weighted by molar-refractivity contribution is 5.67. The zero-order valence-corrected chi connectivity index (χ0v) is 12.8. The zero-order valence-electron chi connectivity index (χ0n) is 12.8. The Morgan fingerprint density at radius 3 is 2.52 bits per heavy atom. The summed E-state index contributed by atoms with van der Waals surface area (Å²) in [6, 6.07) is 3.23. The molecule has 2 N–H and O–H groups in total. The quantitative estimate of drug-likeness (QED) is 0.225. The number of nitrogens with zero attached hydrogens (tertiary/aromatic N) is 6. The number of pyridine rings is 1. The molecule has 0 bridgehead atoms. The highest BCUT2D eigenvalue weighted by Gasteiger charge is 2.33. The summed E-state index contributed by atoms with van der Waals surface area (Å²) in [5, 5.41) is 52.5. The highest BCUT2D eigenvalue weighted by Crippen LogP contribution is 2.38. The van der Waals surface area contributed by atoms with Crippen molar-refractivity contribution in [3.05, 3.63) is 51.3 Å². The molecule has 0 amide bonds. The molecule has 140 valence electrons. The third-order valence-corrected chi connectivity index (χ3v) is 3.36. The van der Waals surface area contributed by atoms with Crippen molar-refractivity contribution < 1.29 is 33.0 Å². The van der Waals surface area contributed by atoms with E-state index >= 15 is 0 Å².